The van der Waals surface area contributed by atoms with Crippen LogP contribution in [0.4, 0.5) is 19.3 Å². The van der Waals surface area contributed by atoms with E-state index in [1.165, 1.54) is 12.1 Å². The molecule has 1 aliphatic rings. The Hall–Kier alpha value is -2.05. The number of nitrogens with one attached hydrogen (secondary N) is 1. The van der Waals surface area contributed by atoms with E-state index in [1.54, 1.807) is 6.07 Å². The Morgan fingerprint density at radius 3 is 2.67 bits per heavy atom. The third kappa shape index (κ3) is 3.01. The number of aromatic hydroxyl groups is 1. The molecule has 1 heterocycles. The van der Waals surface area contributed by atoms with Crippen LogP contribution in [0, 0.1) is 0 Å². The van der Waals surface area contributed by atoms with E-state index in [4.69, 9.17) is 0 Å². The number of alkyl carbamates (subject to hydrolysis) is 1. The van der Waals surface area contributed by atoms with Gasteiger partial charge in [-0.25, -0.2) is 13.6 Å². The van der Waals surface area contributed by atoms with Crippen LogP contribution in [0.15, 0.2) is 18.2 Å². The quantitative estimate of drug-likeness (QED) is 0.897. The van der Waals surface area contributed by atoms with E-state index < -0.39 is 24.7 Å². The summed E-state index contributed by atoms with van der Waals surface area (Å²) >= 11 is 0. The Morgan fingerprint density at radius 2 is 2.10 bits per heavy atom. The van der Waals surface area contributed by atoms with Gasteiger partial charge < -0.3 is 20.1 Å². The molecule has 0 bridgehead atoms. The molecule has 0 aliphatic carbocycles. The Balaban J connectivity index is 2.33. The molecular formula is C14H18F2N2O3. The van der Waals surface area contributed by atoms with Crippen molar-refractivity contribution >= 4 is 11.8 Å². The molecule has 2 rings (SSSR count). The van der Waals surface area contributed by atoms with Crippen molar-refractivity contribution in [1.82, 2.24) is 5.32 Å². The maximum absolute atomic E-state index is 13.8. The van der Waals surface area contributed by atoms with E-state index in [1.807, 2.05) is 18.7 Å². The largest absolute Gasteiger partial charge is 0.508 e. The van der Waals surface area contributed by atoms with Gasteiger partial charge in [-0.15, -0.1) is 0 Å². The monoisotopic (exact) mass is 300 g/mol. The predicted octanol–water partition coefficient (Wildman–Crippen LogP) is 2.65. The second-order valence-corrected chi connectivity index (χ2v) is 4.83. The summed E-state index contributed by atoms with van der Waals surface area (Å²) in [5.74, 6) is -3.55. The average molecular weight is 300 g/mol. The van der Waals surface area contributed by atoms with Gasteiger partial charge in [0.15, 0.2) is 6.61 Å². The fourth-order valence-corrected chi connectivity index (χ4v) is 2.38. The lowest BCUT2D eigenvalue weighted by Gasteiger charge is -2.32. The van der Waals surface area contributed by atoms with Gasteiger partial charge >= 0.3 is 12.0 Å². The van der Waals surface area contributed by atoms with Crippen molar-refractivity contribution in [1.29, 1.82) is 0 Å². The molecule has 0 aromatic heterocycles. The van der Waals surface area contributed by atoms with E-state index in [-0.39, 0.29) is 11.3 Å². The Bertz CT molecular complexity index is 533. The lowest BCUT2D eigenvalue weighted by atomic mass is 9.98. The number of nitrogens with zero attached hydrogens (tertiary/aromatic N) is 1. The van der Waals surface area contributed by atoms with Gasteiger partial charge in [-0.2, -0.15) is 0 Å². The summed E-state index contributed by atoms with van der Waals surface area (Å²) in [6, 6.07) is 2.90. The molecule has 1 atom stereocenters. The average Bonchev–Trinajstić information content (AvgIpc) is 2.44. The van der Waals surface area contributed by atoms with E-state index in [2.05, 4.69) is 10.1 Å². The zero-order chi connectivity index (χ0) is 15.6. The molecule has 1 saturated heterocycles. The van der Waals surface area contributed by atoms with Gasteiger partial charge in [-0.05, 0) is 19.9 Å². The number of carbonyl (C=O) groups is 1. The first-order valence-corrected chi connectivity index (χ1v) is 6.78. The molecule has 0 spiro atoms. The molecule has 0 unspecified atom stereocenters. The van der Waals surface area contributed by atoms with Gasteiger partial charge in [-0.1, -0.05) is 6.07 Å². The van der Waals surface area contributed by atoms with Gasteiger partial charge in [-0.3, -0.25) is 0 Å². The van der Waals surface area contributed by atoms with Crippen LogP contribution in [0.5, 0.6) is 5.75 Å². The number of cyclic esters (lactones) is 1. The third-order valence-corrected chi connectivity index (χ3v) is 3.53. The minimum atomic E-state index is -3.28. The normalized spacial score (nSPS) is 20.6. The lowest BCUT2D eigenvalue weighted by Crippen LogP contribution is -2.49. The summed E-state index contributed by atoms with van der Waals surface area (Å²) in [4.78, 5) is 13.1. The standard InChI is InChI=1S/C14H18F2N2O3/c1-3-18(4-2)9-5-6-10(11(19)7-9)12-14(15,16)8-21-13(20)17-12/h5-7,12,19H,3-4,8H2,1-2H3,(H,17,20)/t12-/m0/s1. The fourth-order valence-electron chi connectivity index (χ4n) is 2.38. The molecule has 21 heavy (non-hydrogen) atoms. The van der Waals surface area contributed by atoms with Crippen molar-refractivity contribution in [2.75, 3.05) is 24.6 Å². The summed E-state index contributed by atoms with van der Waals surface area (Å²) in [6.45, 7) is 4.39. The van der Waals surface area contributed by atoms with Gasteiger partial charge in [0.1, 0.15) is 11.8 Å². The summed E-state index contributed by atoms with van der Waals surface area (Å²) in [5.41, 5.74) is 0.718. The minimum Gasteiger partial charge on any atom is -0.508 e. The summed E-state index contributed by atoms with van der Waals surface area (Å²) in [7, 11) is 0. The molecule has 0 saturated carbocycles. The smallest absolute Gasteiger partial charge is 0.408 e. The van der Waals surface area contributed by atoms with E-state index >= 15 is 0 Å². The fraction of sp³-hybridized carbons (Fsp3) is 0.500. The number of phenolic OH excluding ortho intramolecular Hbond substituents is 1. The van der Waals surface area contributed by atoms with Crippen LogP contribution in [0.2, 0.25) is 0 Å². The molecule has 5 nitrogen and oxygen atoms in total. The molecule has 1 aliphatic heterocycles. The van der Waals surface area contributed by atoms with Crippen molar-refractivity contribution < 1.29 is 23.4 Å². The van der Waals surface area contributed by atoms with Crippen molar-refractivity contribution in [3.63, 3.8) is 0 Å². The number of hydrogen-bond donors (Lipinski definition) is 2. The SMILES string of the molecule is CCN(CC)c1ccc([C@@H]2NC(=O)OCC2(F)F)c(O)c1. The molecule has 1 aromatic carbocycles. The first kappa shape index (κ1) is 15.3. The van der Waals surface area contributed by atoms with E-state index in [0.717, 1.165) is 18.8 Å². The van der Waals surface area contributed by atoms with Crippen LogP contribution < -0.4 is 10.2 Å². The zero-order valence-corrected chi connectivity index (χ0v) is 11.9. The van der Waals surface area contributed by atoms with Crippen molar-refractivity contribution in [2.45, 2.75) is 25.8 Å². The molecule has 1 amide bonds. The number of anilines is 1. The molecular weight excluding hydrogens is 282 g/mol. The molecule has 1 aromatic rings. The van der Waals surface area contributed by atoms with Crippen molar-refractivity contribution in [3.8, 4) is 5.75 Å². The first-order valence-electron chi connectivity index (χ1n) is 6.78. The Kier molecular flexibility index (Phi) is 4.20. The number of ether oxygens (including phenoxy) is 1. The topological polar surface area (TPSA) is 61.8 Å². The molecule has 116 valence electrons. The lowest BCUT2D eigenvalue weighted by molar-refractivity contribution is -0.104. The van der Waals surface area contributed by atoms with Gasteiger partial charge in [0.05, 0.1) is 0 Å². The highest BCUT2D eigenvalue weighted by Crippen LogP contribution is 2.39. The highest BCUT2D eigenvalue weighted by molar-refractivity contribution is 5.70. The third-order valence-electron chi connectivity index (χ3n) is 3.53. The van der Waals surface area contributed by atoms with Crippen LogP contribution in [-0.4, -0.2) is 36.8 Å². The van der Waals surface area contributed by atoms with Gasteiger partial charge in [0.25, 0.3) is 0 Å². The second kappa shape index (κ2) is 5.75. The molecule has 1 fully saturated rings. The number of amides is 1. The zero-order valence-electron chi connectivity index (χ0n) is 11.9. The summed E-state index contributed by atoms with van der Waals surface area (Å²) in [6.07, 6.45) is -0.918. The van der Waals surface area contributed by atoms with Crippen LogP contribution in [-0.2, 0) is 4.74 Å². The van der Waals surface area contributed by atoms with Crippen LogP contribution >= 0.6 is 0 Å². The van der Waals surface area contributed by atoms with E-state index in [0.29, 0.717) is 0 Å². The number of hydrogen-bond acceptors (Lipinski definition) is 4. The maximum atomic E-state index is 13.8. The van der Waals surface area contributed by atoms with Crippen LogP contribution in [0.1, 0.15) is 25.5 Å². The summed E-state index contributed by atoms with van der Waals surface area (Å²) < 4.78 is 32.0. The number of halogens is 2. The van der Waals surface area contributed by atoms with Crippen LogP contribution in [0.3, 0.4) is 0 Å². The first-order chi connectivity index (χ1) is 9.89. The number of carbonyl (C=O) groups excluding carboxylic acids is 1. The van der Waals surface area contributed by atoms with Gasteiger partial charge in [0.2, 0.25) is 0 Å². The van der Waals surface area contributed by atoms with Crippen molar-refractivity contribution in [3.05, 3.63) is 23.8 Å². The second-order valence-electron chi connectivity index (χ2n) is 4.83. The minimum absolute atomic E-state index is 0.0208. The number of alkyl halides is 2. The van der Waals surface area contributed by atoms with Crippen molar-refractivity contribution in [2.24, 2.45) is 0 Å². The Labute approximate surface area is 121 Å². The maximum Gasteiger partial charge on any atom is 0.408 e. The molecule has 7 heteroatoms. The highest BCUT2D eigenvalue weighted by atomic mass is 19.3. The van der Waals surface area contributed by atoms with E-state index in [9.17, 15) is 18.7 Å². The Morgan fingerprint density at radius 1 is 1.43 bits per heavy atom. The summed E-state index contributed by atoms with van der Waals surface area (Å²) in [5, 5.41) is 12.1. The van der Waals surface area contributed by atoms with Gasteiger partial charge in [0, 0.05) is 30.4 Å². The number of rotatable bonds is 4. The molecule has 2 N–H and O–H groups in total. The highest BCUT2D eigenvalue weighted by Gasteiger charge is 2.47. The predicted molar refractivity (Wildman–Crippen MR) is 73.8 cm³/mol. The van der Waals surface area contributed by atoms with Crippen LogP contribution in [0.25, 0.3) is 0 Å². The number of benzene rings is 1. The molecule has 0 radical (unpaired) electrons. The number of phenols is 1.